The zero-order valence-electron chi connectivity index (χ0n) is 14.1. The number of nitrogens with one attached hydrogen (secondary N) is 2. The molecule has 0 spiro atoms. The van der Waals surface area contributed by atoms with Gasteiger partial charge in [0.05, 0.1) is 11.3 Å². The van der Waals surface area contributed by atoms with Crippen molar-refractivity contribution in [1.29, 1.82) is 5.26 Å². The fourth-order valence-corrected chi connectivity index (χ4v) is 2.14. The molecule has 0 atom stereocenters. The normalized spacial score (nSPS) is 10.3. The van der Waals surface area contributed by atoms with E-state index in [1.807, 2.05) is 0 Å². The SMILES string of the molecule is Cc1nc(NCCC(C)C)cc(C(=O)Nc2ccccc2C#N)n1. The number of benzene rings is 1. The van der Waals surface area contributed by atoms with Crippen molar-refractivity contribution in [2.75, 3.05) is 17.2 Å². The maximum absolute atomic E-state index is 12.4. The third-order valence-electron chi connectivity index (χ3n) is 3.39. The predicted molar refractivity (Wildman–Crippen MR) is 93.8 cm³/mol. The number of anilines is 2. The molecule has 24 heavy (non-hydrogen) atoms. The van der Waals surface area contributed by atoms with Gasteiger partial charge in [-0.15, -0.1) is 0 Å². The highest BCUT2D eigenvalue weighted by atomic mass is 16.1. The molecule has 0 aliphatic rings. The highest BCUT2D eigenvalue weighted by molar-refractivity contribution is 6.03. The standard InChI is InChI=1S/C18H21N5O/c1-12(2)8-9-20-17-10-16(21-13(3)22-17)18(24)23-15-7-5-4-6-14(15)11-19/h4-7,10,12H,8-9H2,1-3H3,(H,23,24)(H,20,21,22). The Labute approximate surface area is 142 Å². The fraction of sp³-hybridized carbons (Fsp3) is 0.333. The van der Waals surface area contributed by atoms with Gasteiger partial charge < -0.3 is 10.6 Å². The van der Waals surface area contributed by atoms with E-state index >= 15 is 0 Å². The first-order chi connectivity index (χ1) is 11.5. The van der Waals surface area contributed by atoms with Crippen LogP contribution >= 0.6 is 0 Å². The van der Waals surface area contributed by atoms with Gasteiger partial charge in [0.15, 0.2) is 0 Å². The predicted octanol–water partition coefficient (Wildman–Crippen LogP) is 3.37. The first kappa shape index (κ1) is 17.4. The van der Waals surface area contributed by atoms with E-state index in [9.17, 15) is 4.79 Å². The van der Waals surface area contributed by atoms with Crippen LogP contribution in [0.4, 0.5) is 11.5 Å². The minimum absolute atomic E-state index is 0.266. The van der Waals surface area contributed by atoms with Gasteiger partial charge in [-0.2, -0.15) is 5.26 Å². The second kappa shape index (κ2) is 8.06. The molecule has 0 unspecified atom stereocenters. The number of aryl methyl sites for hydroxylation is 1. The number of carbonyl (C=O) groups excluding carboxylic acids is 1. The molecule has 2 rings (SSSR count). The van der Waals surface area contributed by atoms with Gasteiger partial charge >= 0.3 is 0 Å². The maximum Gasteiger partial charge on any atom is 0.274 e. The summed E-state index contributed by atoms with van der Waals surface area (Å²) >= 11 is 0. The number of para-hydroxylation sites is 1. The first-order valence-electron chi connectivity index (χ1n) is 7.89. The number of hydrogen-bond acceptors (Lipinski definition) is 5. The molecule has 0 fully saturated rings. The Kier molecular flexibility index (Phi) is 5.85. The van der Waals surface area contributed by atoms with E-state index in [0.717, 1.165) is 13.0 Å². The van der Waals surface area contributed by atoms with Gasteiger partial charge in [0.1, 0.15) is 23.4 Å². The van der Waals surface area contributed by atoms with Gasteiger partial charge in [-0.05, 0) is 31.4 Å². The topological polar surface area (TPSA) is 90.7 Å². The van der Waals surface area contributed by atoms with Gasteiger partial charge in [0.25, 0.3) is 5.91 Å². The van der Waals surface area contributed by atoms with Crippen LogP contribution in [0.15, 0.2) is 30.3 Å². The van der Waals surface area contributed by atoms with Gasteiger partial charge in [-0.3, -0.25) is 4.79 Å². The maximum atomic E-state index is 12.4. The van der Waals surface area contributed by atoms with Crippen LogP contribution < -0.4 is 10.6 Å². The van der Waals surface area contributed by atoms with Gasteiger partial charge in [-0.25, -0.2) is 9.97 Å². The zero-order chi connectivity index (χ0) is 17.5. The lowest BCUT2D eigenvalue weighted by Crippen LogP contribution is -2.17. The number of rotatable bonds is 6. The lowest BCUT2D eigenvalue weighted by molar-refractivity contribution is 0.102. The molecular formula is C18H21N5O. The van der Waals surface area contributed by atoms with Crippen LogP contribution in [0.3, 0.4) is 0 Å². The molecule has 1 aromatic carbocycles. The molecule has 0 aliphatic heterocycles. The fourth-order valence-electron chi connectivity index (χ4n) is 2.14. The second-order valence-corrected chi connectivity index (χ2v) is 5.91. The third-order valence-corrected chi connectivity index (χ3v) is 3.39. The molecule has 1 heterocycles. The minimum Gasteiger partial charge on any atom is -0.370 e. The minimum atomic E-state index is -0.366. The smallest absolute Gasteiger partial charge is 0.274 e. The van der Waals surface area contributed by atoms with Crippen molar-refractivity contribution in [2.45, 2.75) is 27.2 Å². The molecular weight excluding hydrogens is 302 g/mol. The summed E-state index contributed by atoms with van der Waals surface area (Å²) in [7, 11) is 0. The number of nitrogens with zero attached hydrogens (tertiary/aromatic N) is 3. The van der Waals surface area contributed by atoms with E-state index in [0.29, 0.717) is 28.8 Å². The molecule has 0 aliphatic carbocycles. The molecule has 2 N–H and O–H groups in total. The number of amides is 1. The molecule has 0 bridgehead atoms. The highest BCUT2D eigenvalue weighted by Crippen LogP contribution is 2.15. The summed E-state index contributed by atoms with van der Waals surface area (Å²) in [4.78, 5) is 20.9. The number of hydrogen-bond donors (Lipinski definition) is 2. The average molecular weight is 323 g/mol. The Morgan fingerprint density at radius 3 is 2.75 bits per heavy atom. The Morgan fingerprint density at radius 1 is 1.29 bits per heavy atom. The number of carbonyl (C=O) groups is 1. The number of nitriles is 1. The van der Waals surface area contributed by atoms with E-state index in [4.69, 9.17) is 5.26 Å². The lowest BCUT2D eigenvalue weighted by Gasteiger charge is -2.10. The van der Waals surface area contributed by atoms with Crippen LogP contribution in [0.1, 0.15) is 42.1 Å². The summed E-state index contributed by atoms with van der Waals surface area (Å²) in [6, 6.07) is 10.5. The summed E-state index contributed by atoms with van der Waals surface area (Å²) in [5, 5.41) is 15.0. The second-order valence-electron chi connectivity index (χ2n) is 5.91. The van der Waals surface area contributed by atoms with Crippen molar-refractivity contribution in [3.63, 3.8) is 0 Å². The van der Waals surface area contributed by atoms with Gasteiger partial charge in [0, 0.05) is 12.6 Å². The van der Waals surface area contributed by atoms with Crippen molar-refractivity contribution < 1.29 is 4.79 Å². The van der Waals surface area contributed by atoms with Crippen molar-refractivity contribution in [3.05, 3.63) is 47.4 Å². The quantitative estimate of drug-likeness (QED) is 0.850. The Hall–Kier alpha value is -2.94. The van der Waals surface area contributed by atoms with Gasteiger partial charge in [0.2, 0.25) is 0 Å². The van der Waals surface area contributed by atoms with Crippen LogP contribution in [0, 0.1) is 24.2 Å². The van der Waals surface area contributed by atoms with E-state index in [1.54, 1.807) is 37.3 Å². The summed E-state index contributed by atoms with van der Waals surface area (Å²) in [6.07, 6.45) is 1.01. The summed E-state index contributed by atoms with van der Waals surface area (Å²) in [6.45, 7) is 6.83. The zero-order valence-corrected chi connectivity index (χ0v) is 14.1. The van der Waals surface area contributed by atoms with Crippen molar-refractivity contribution in [2.24, 2.45) is 5.92 Å². The Bertz CT molecular complexity index is 764. The van der Waals surface area contributed by atoms with Crippen LogP contribution in [-0.4, -0.2) is 22.4 Å². The molecule has 6 nitrogen and oxygen atoms in total. The highest BCUT2D eigenvalue weighted by Gasteiger charge is 2.12. The molecule has 0 saturated carbocycles. The van der Waals surface area contributed by atoms with Crippen LogP contribution in [0.2, 0.25) is 0 Å². The number of aromatic nitrogens is 2. The Balaban J connectivity index is 2.14. The van der Waals surface area contributed by atoms with E-state index in [2.05, 4.69) is 40.5 Å². The van der Waals surface area contributed by atoms with Crippen LogP contribution in [0.25, 0.3) is 0 Å². The molecule has 6 heteroatoms. The van der Waals surface area contributed by atoms with Crippen LogP contribution in [-0.2, 0) is 0 Å². The van der Waals surface area contributed by atoms with Crippen molar-refractivity contribution in [1.82, 2.24) is 9.97 Å². The molecule has 0 radical (unpaired) electrons. The molecule has 124 valence electrons. The Morgan fingerprint density at radius 2 is 2.04 bits per heavy atom. The molecule has 1 aromatic heterocycles. The third kappa shape index (κ3) is 4.78. The van der Waals surface area contributed by atoms with Crippen LogP contribution in [0.5, 0.6) is 0 Å². The van der Waals surface area contributed by atoms with Crippen molar-refractivity contribution in [3.8, 4) is 6.07 Å². The monoisotopic (exact) mass is 323 g/mol. The summed E-state index contributed by atoms with van der Waals surface area (Å²) in [5.41, 5.74) is 1.14. The average Bonchev–Trinajstić information content (AvgIpc) is 2.54. The summed E-state index contributed by atoms with van der Waals surface area (Å²) in [5.74, 6) is 1.37. The largest absolute Gasteiger partial charge is 0.370 e. The first-order valence-corrected chi connectivity index (χ1v) is 7.89. The lowest BCUT2D eigenvalue weighted by atomic mass is 10.1. The van der Waals surface area contributed by atoms with E-state index in [-0.39, 0.29) is 11.6 Å². The van der Waals surface area contributed by atoms with Crippen molar-refractivity contribution >= 4 is 17.4 Å². The van der Waals surface area contributed by atoms with E-state index < -0.39 is 0 Å². The van der Waals surface area contributed by atoms with E-state index in [1.165, 1.54) is 0 Å². The van der Waals surface area contributed by atoms with Gasteiger partial charge in [-0.1, -0.05) is 26.0 Å². The molecule has 0 saturated heterocycles. The summed E-state index contributed by atoms with van der Waals surface area (Å²) < 4.78 is 0. The molecule has 1 amide bonds. The molecule has 2 aromatic rings.